The summed E-state index contributed by atoms with van der Waals surface area (Å²) in [7, 11) is 0. The summed E-state index contributed by atoms with van der Waals surface area (Å²) in [6, 6.07) is 0. The Balaban J connectivity index is 0.000000606. The van der Waals surface area contributed by atoms with Crippen LogP contribution in [0.1, 0.15) is 19.7 Å². The van der Waals surface area contributed by atoms with Gasteiger partial charge in [0.2, 0.25) is 0 Å². The van der Waals surface area contributed by atoms with Crippen LogP contribution in [0.25, 0.3) is 10.9 Å². The molecule has 2 rings (SSSR count). The highest BCUT2D eigenvalue weighted by atomic mass is 35.5. The van der Waals surface area contributed by atoms with Crippen molar-refractivity contribution in [1.82, 2.24) is 15.0 Å². The Hall–Kier alpha value is -1.00. The van der Waals surface area contributed by atoms with Gasteiger partial charge in [0.25, 0.3) is 0 Å². The fourth-order valence-corrected chi connectivity index (χ4v) is 1.50. The first kappa shape index (κ1) is 13.1. The molecule has 0 saturated heterocycles. The molecule has 0 aromatic carbocycles. The van der Waals surface area contributed by atoms with Gasteiger partial charge in [0, 0.05) is 6.20 Å². The number of pyridine rings is 1. The van der Waals surface area contributed by atoms with Crippen molar-refractivity contribution in [3.8, 4) is 0 Å². The number of rotatable bonds is 0. The maximum absolute atomic E-state index is 13.4. The first-order valence-electron chi connectivity index (χ1n) is 4.73. The third kappa shape index (κ3) is 2.39. The molecule has 0 saturated carbocycles. The topological polar surface area (TPSA) is 38.7 Å². The van der Waals surface area contributed by atoms with Crippen molar-refractivity contribution in [3.05, 3.63) is 28.1 Å². The molecule has 0 radical (unpaired) electrons. The molecule has 2 aromatic heterocycles. The van der Waals surface area contributed by atoms with Crippen LogP contribution in [-0.4, -0.2) is 15.0 Å². The standard InChI is InChI=1S/C8H4Cl2FN3.C2H6/c1-3-13-6-4(7(9)14-3)2-12-8(10)5(6)11;1-2/h2H,1H3;1-2H3. The summed E-state index contributed by atoms with van der Waals surface area (Å²) in [6.45, 7) is 5.62. The smallest absolute Gasteiger partial charge is 0.186 e. The minimum atomic E-state index is -0.670. The lowest BCUT2D eigenvalue weighted by atomic mass is 10.3. The summed E-state index contributed by atoms with van der Waals surface area (Å²) < 4.78 is 13.4. The molecule has 86 valence electrons. The maximum atomic E-state index is 13.4. The van der Waals surface area contributed by atoms with Crippen LogP contribution in [0.2, 0.25) is 10.3 Å². The lowest BCUT2D eigenvalue weighted by molar-refractivity contribution is 0.630. The molecule has 2 aromatic rings. The quantitative estimate of drug-likeness (QED) is 0.535. The van der Waals surface area contributed by atoms with Crippen molar-refractivity contribution in [3.63, 3.8) is 0 Å². The normalized spacial score (nSPS) is 9.88. The molecule has 0 bridgehead atoms. The van der Waals surface area contributed by atoms with Crippen LogP contribution >= 0.6 is 23.2 Å². The molecule has 16 heavy (non-hydrogen) atoms. The van der Waals surface area contributed by atoms with E-state index in [1.165, 1.54) is 6.20 Å². The van der Waals surface area contributed by atoms with Crippen molar-refractivity contribution in [2.45, 2.75) is 20.8 Å². The molecule has 0 spiro atoms. The van der Waals surface area contributed by atoms with Crippen LogP contribution in [-0.2, 0) is 0 Å². The van der Waals surface area contributed by atoms with E-state index in [-0.39, 0.29) is 15.8 Å². The van der Waals surface area contributed by atoms with Crippen molar-refractivity contribution in [2.75, 3.05) is 0 Å². The summed E-state index contributed by atoms with van der Waals surface area (Å²) >= 11 is 11.3. The van der Waals surface area contributed by atoms with Crippen molar-refractivity contribution >= 4 is 34.1 Å². The van der Waals surface area contributed by atoms with Crippen molar-refractivity contribution in [1.29, 1.82) is 0 Å². The highest BCUT2D eigenvalue weighted by molar-refractivity contribution is 6.34. The van der Waals surface area contributed by atoms with E-state index in [4.69, 9.17) is 23.2 Å². The second-order valence-corrected chi connectivity index (χ2v) is 3.40. The van der Waals surface area contributed by atoms with E-state index < -0.39 is 5.82 Å². The Morgan fingerprint density at radius 2 is 1.75 bits per heavy atom. The number of nitrogens with zero attached hydrogens (tertiary/aromatic N) is 3. The lowest BCUT2D eigenvalue weighted by Gasteiger charge is -2.02. The Labute approximate surface area is 103 Å². The van der Waals surface area contributed by atoms with E-state index in [9.17, 15) is 4.39 Å². The van der Waals surface area contributed by atoms with Gasteiger partial charge in [-0.15, -0.1) is 0 Å². The first-order valence-corrected chi connectivity index (χ1v) is 5.49. The average molecular weight is 262 g/mol. The molecule has 0 aliphatic heterocycles. The molecule has 0 fully saturated rings. The Morgan fingerprint density at radius 1 is 1.12 bits per heavy atom. The Kier molecular flexibility index (Phi) is 4.38. The Bertz CT molecular complexity index is 517. The molecule has 0 N–H and O–H groups in total. The summed E-state index contributed by atoms with van der Waals surface area (Å²) in [6.07, 6.45) is 1.35. The summed E-state index contributed by atoms with van der Waals surface area (Å²) in [5, 5.41) is 0.321. The summed E-state index contributed by atoms with van der Waals surface area (Å²) in [4.78, 5) is 11.4. The first-order chi connectivity index (χ1) is 7.59. The van der Waals surface area contributed by atoms with E-state index in [1.54, 1.807) is 6.92 Å². The van der Waals surface area contributed by atoms with Gasteiger partial charge in [-0.2, -0.15) is 0 Å². The predicted molar refractivity (Wildman–Crippen MR) is 63.4 cm³/mol. The molecule has 0 amide bonds. The van der Waals surface area contributed by atoms with Gasteiger partial charge in [-0.25, -0.2) is 19.3 Å². The molecule has 2 heterocycles. The SMILES string of the molecule is CC.Cc1nc(Cl)c2cnc(Cl)c(F)c2n1. The second-order valence-electron chi connectivity index (χ2n) is 2.69. The highest BCUT2D eigenvalue weighted by Crippen LogP contribution is 2.24. The number of halogens is 3. The zero-order chi connectivity index (χ0) is 12.3. The van der Waals surface area contributed by atoms with Gasteiger partial charge in [-0.05, 0) is 6.92 Å². The Morgan fingerprint density at radius 3 is 2.38 bits per heavy atom. The van der Waals surface area contributed by atoms with Crippen LogP contribution in [0.3, 0.4) is 0 Å². The van der Waals surface area contributed by atoms with Crippen LogP contribution in [0.15, 0.2) is 6.20 Å². The van der Waals surface area contributed by atoms with Gasteiger partial charge in [-0.1, -0.05) is 37.0 Å². The zero-order valence-electron chi connectivity index (χ0n) is 9.05. The minimum absolute atomic E-state index is 0.0995. The van der Waals surface area contributed by atoms with E-state index in [0.717, 1.165) is 0 Å². The summed E-state index contributed by atoms with van der Waals surface area (Å²) in [5.74, 6) is -0.278. The molecule has 0 aliphatic carbocycles. The minimum Gasteiger partial charge on any atom is -0.241 e. The number of hydrogen-bond acceptors (Lipinski definition) is 3. The van der Waals surface area contributed by atoms with Gasteiger partial charge in [0.1, 0.15) is 16.5 Å². The van der Waals surface area contributed by atoms with Crippen LogP contribution < -0.4 is 0 Å². The zero-order valence-corrected chi connectivity index (χ0v) is 10.6. The monoisotopic (exact) mass is 261 g/mol. The average Bonchev–Trinajstić information content (AvgIpc) is 2.27. The lowest BCUT2D eigenvalue weighted by Crippen LogP contribution is -1.95. The van der Waals surface area contributed by atoms with Gasteiger partial charge >= 0.3 is 0 Å². The maximum Gasteiger partial charge on any atom is 0.186 e. The summed E-state index contributed by atoms with van der Waals surface area (Å²) in [5.41, 5.74) is 0.0995. The molecular weight excluding hydrogens is 252 g/mol. The van der Waals surface area contributed by atoms with Crippen LogP contribution in [0.4, 0.5) is 4.39 Å². The van der Waals surface area contributed by atoms with Crippen molar-refractivity contribution in [2.24, 2.45) is 0 Å². The van der Waals surface area contributed by atoms with E-state index in [0.29, 0.717) is 11.2 Å². The molecule has 3 nitrogen and oxygen atoms in total. The molecule has 0 unspecified atom stereocenters. The largest absolute Gasteiger partial charge is 0.241 e. The highest BCUT2D eigenvalue weighted by Gasteiger charge is 2.12. The molecular formula is C10H10Cl2FN3. The van der Waals surface area contributed by atoms with E-state index in [1.807, 2.05) is 13.8 Å². The third-order valence-corrected chi connectivity index (χ3v) is 2.26. The molecule has 0 atom stereocenters. The second kappa shape index (κ2) is 5.37. The number of aryl methyl sites for hydroxylation is 1. The fourth-order valence-electron chi connectivity index (χ4n) is 1.10. The van der Waals surface area contributed by atoms with E-state index in [2.05, 4.69) is 15.0 Å². The number of fused-ring (bicyclic) bond motifs is 1. The van der Waals surface area contributed by atoms with E-state index >= 15 is 0 Å². The van der Waals surface area contributed by atoms with Gasteiger partial charge < -0.3 is 0 Å². The van der Waals surface area contributed by atoms with Gasteiger partial charge in [-0.3, -0.25) is 0 Å². The molecule has 0 aliphatic rings. The third-order valence-electron chi connectivity index (χ3n) is 1.71. The van der Waals surface area contributed by atoms with Gasteiger partial charge in [0.15, 0.2) is 11.0 Å². The van der Waals surface area contributed by atoms with Crippen LogP contribution in [0.5, 0.6) is 0 Å². The predicted octanol–water partition coefficient (Wildman–Crippen LogP) is 3.81. The van der Waals surface area contributed by atoms with Crippen LogP contribution in [0, 0.1) is 12.7 Å². The van der Waals surface area contributed by atoms with Crippen molar-refractivity contribution < 1.29 is 4.39 Å². The number of aromatic nitrogens is 3. The fraction of sp³-hybridized carbons (Fsp3) is 0.300. The number of hydrogen-bond donors (Lipinski definition) is 0. The molecule has 6 heteroatoms. The van der Waals surface area contributed by atoms with Gasteiger partial charge in [0.05, 0.1) is 5.39 Å².